The van der Waals surface area contributed by atoms with Crippen molar-refractivity contribution in [2.24, 2.45) is 0 Å². The van der Waals surface area contributed by atoms with Gasteiger partial charge < -0.3 is 24.5 Å². The fourth-order valence-electron chi connectivity index (χ4n) is 4.45. The minimum absolute atomic E-state index is 0.0191. The largest absolute Gasteiger partial charge is 0.496 e. The van der Waals surface area contributed by atoms with E-state index in [2.05, 4.69) is 20.5 Å². The molecular formula is C26H23F3N4O4. The molecule has 0 unspecified atom stereocenters. The highest BCUT2D eigenvalue weighted by atomic mass is 19.3. The molecule has 2 aliphatic rings. The van der Waals surface area contributed by atoms with E-state index in [-0.39, 0.29) is 23.5 Å². The summed E-state index contributed by atoms with van der Waals surface area (Å²) in [6.07, 6.45) is 4.33. The predicted octanol–water partition coefficient (Wildman–Crippen LogP) is 4.56. The van der Waals surface area contributed by atoms with Crippen molar-refractivity contribution in [3.63, 3.8) is 0 Å². The highest BCUT2D eigenvalue weighted by Crippen LogP contribution is 2.40. The van der Waals surface area contributed by atoms with E-state index in [1.165, 1.54) is 19.4 Å². The van der Waals surface area contributed by atoms with Gasteiger partial charge in [-0.1, -0.05) is 6.07 Å². The van der Waals surface area contributed by atoms with Crippen molar-refractivity contribution in [3.05, 3.63) is 54.6 Å². The Hall–Kier alpha value is -3.99. The second-order valence-electron chi connectivity index (χ2n) is 9.14. The number of halogens is 3. The third-order valence-corrected chi connectivity index (χ3v) is 6.71. The number of alkyl halides is 3. The molecule has 1 aliphatic heterocycles. The van der Waals surface area contributed by atoms with E-state index < -0.39 is 24.7 Å². The molecule has 11 heteroatoms. The Kier molecular flexibility index (Phi) is 5.79. The Bertz CT molecular complexity index is 1480. The van der Waals surface area contributed by atoms with Gasteiger partial charge in [-0.15, -0.1) is 0 Å². The summed E-state index contributed by atoms with van der Waals surface area (Å²) in [6, 6.07) is 8.26. The van der Waals surface area contributed by atoms with Crippen LogP contribution in [0.25, 0.3) is 33.2 Å². The Labute approximate surface area is 209 Å². The fraction of sp³-hybridized carbons (Fsp3) is 0.308. The van der Waals surface area contributed by atoms with Gasteiger partial charge in [0.05, 0.1) is 31.7 Å². The lowest BCUT2D eigenvalue weighted by atomic mass is 9.99. The predicted molar refractivity (Wildman–Crippen MR) is 129 cm³/mol. The molecule has 37 heavy (non-hydrogen) atoms. The highest BCUT2D eigenvalue weighted by molar-refractivity contribution is 6.02. The second-order valence-corrected chi connectivity index (χ2v) is 9.14. The number of benzene rings is 2. The van der Waals surface area contributed by atoms with Crippen LogP contribution in [0.5, 0.6) is 11.5 Å². The molecule has 2 aromatic heterocycles. The molecule has 2 aromatic carbocycles. The summed E-state index contributed by atoms with van der Waals surface area (Å²) >= 11 is 0. The Balaban J connectivity index is 1.36. The van der Waals surface area contributed by atoms with E-state index in [4.69, 9.17) is 9.15 Å². The van der Waals surface area contributed by atoms with Gasteiger partial charge in [0.2, 0.25) is 0 Å². The van der Waals surface area contributed by atoms with Crippen LogP contribution in [-0.2, 0) is 0 Å². The molecule has 1 aliphatic carbocycles. The first-order valence-corrected chi connectivity index (χ1v) is 11.8. The van der Waals surface area contributed by atoms with E-state index in [9.17, 15) is 18.0 Å². The van der Waals surface area contributed by atoms with Crippen molar-refractivity contribution >= 4 is 16.9 Å². The average molecular weight is 512 g/mol. The number of carbonyl (C=O) groups excluding carboxylic acids is 1. The first-order chi connectivity index (χ1) is 17.9. The van der Waals surface area contributed by atoms with Crippen LogP contribution < -0.4 is 20.1 Å². The molecule has 0 radical (unpaired) electrons. The zero-order chi connectivity index (χ0) is 25.7. The van der Waals surface area contributed by atoms with Gasteiger partial charge in [-0.05, 0) is 35.4 Å². The number of hydrogen-bond donors (Lipinski definition) is 2. The second kappa shape index (κ2) is 9.15. The summed E-state index contributed by atoms with van der Waals surface area (Å²) in [7, 11) is 1.32. The van der Waals surface area contributed by atoms with Gasteiger partial charge in [-0.2, -0.15) is 13.9 Å². The summed E-state index contributed by atoms with van der Waals surface area (Å²) in [5, 5.41) is 10.9. The van der Waals surface area contributed by atoms with Gasteiger partial charge in [-0.25, -0.2) is 4.39 Å². The lowest BCUT2D eigenvalue weighted by Gasteiger charge is -2.27. The first kappa shape index (κ1) is 23.4. The molecule has 4 aromatic rings. The number of fused-ring (bicyclic) bond motifs is 1. The molecule has 1 saturated heterocycles. The van der Waals surface area contributed by atoms with E-state index in [1.54, 1.807) is 12.3 Å². The molecule has 2 fully saturated rings. The van der Waals surface area contributed by atoms with Gasteiger partial charge in [0.1, 0.15) is 28.8 Å². The number of carbonyl (C=O) groups is 1. The number of hydrogen-bond acceptors (Lipinski definition) is 6. The summed E-state index contributed by atoms with van der Waals surface area (Å²) in [5.74, 6) is -1.10. The van der Waals surface area contributed by atoms with Crippen LogP contribution in [0.1, 0.15) is 22.8 Å². The van der Waals surface area contributed by atoms with Gasteiger partial charge in [0.15, 0.2) is 0 Å². The van der Waals surface area contributed by atoms with Crippen LogP contribution in [0.2, 0.25) is 0 Å². The molecular weight excluding hydrogens is 489 g/mol. The maximum Gasteiger partial charge on any atom is 0.387 e. The maximum atomic E-state index is 13.3. The van der Waals surface area contributed by atoms with Crippen molar-refractivity contribution < 1.29 is 31.9 Å². The standard InChI is InChI=1S/C26H23F3N4O4/c1-35-22-5-14(6-23(37-26(28)29)24(22)25(34)32-20-7-19(20)27)18-12-36-21-4-13(2-3-17(18)21)15-8-31-33(11-15)16-9-30-10-16/h2-6,8,11-12,16,19-20,26,30H,7,9-10H2,1H3,(H,32,34)/t19-,20+/m0/s1. The minimum atomic E-state index is -3.18. The molecule has 0 spiro atoms. The van der Waals surface area contributed by atoms with Crippen LogP contribution in [0.4, 0.5) is 13.2 Å². The number of rotatable bonds is 8. The summed E-state index contributed by atoms with van der Waals surface area (Å²) < 4.78 is 57.6. The van der Waals surface area contributed by atoms with Crippen LogP contribution in [-0.4, -0.2) is 54.7 Å². The van der Waals surface area contributed by atoms with E-state index >= 15 is 0 Å². The number of ether oxygens (including phenoxy) is 2. The fourth-order valence-corrected chi connectivity index (χ4v) is 4.45. The maximum absolute atomic E-state index is 13.3. The SMILES string of the molecule is COc1cc(-c2coc3cc(-c4cnn(C5CNC5)c4)ccc23)cc(OC(F)F)c1C(=O)N[C@@H]1C[C@@H]1F. The molecule has 6 rings (SSSR count). The quantitative estimate of drug-likeness (QED) is 0.360. The first-order valence-electron chi connectivity index (χ1n) is 11.8. The molecule has 1 amide bonds. The third kappa shape index (κ3) is 4.39. The lowest BCUT2D eigenvalue weighted by molar-refractivity contribution is -0.0502. The van der Waals surface area contributed by atoms with E-state index in [0.29, 0.717) is 22.8 Å². The molecule has 192 valence electrons. The molecule has 0 bridgehead atoms. The smallest absolute Gasteiger partial charge is 0.387 e. The van der Waals surface area contributed by atoms with Crippen molar-refractivity contribution in [1.29, 1.82) is 0 Å². The monoisotopic (exact) mass is 512 g/mol. The van der Waals surface area contributed by atoms with Crippen LogP contribution in [0.15, 0.2) is 53.4 Å². The number of furan rings is 1. The number of amides is 1. The van der Waals surface area contributed by atoms with Crippen molar-refractivity contribution in [2.75, 3.05) is 20.2 Å². The average Bonchev–Trinajstić information content (AvgIpc) is 3.22. The Morgan fingerprint density at radius 3 is 2.65 bits per heavy atom. The molecule has 3 heterocycles. The third-order valence-electron chi connectivity index (χ3n) is 6.71. The summed E-state index contributed by atoms with van der Waals surface area (Å²) in [6.45, 7) is -1.40. The van der Waals surface area contributed by atoms with Gasteiger partial charge in [-0.3, -0.25) is 9.48 Å². The van der Waals surface area contributed by atoms with E-state index in [1.807, 2.05) is 29.1 Å². The Morgan fingerprint density at radius 1 is 1.19 bits per heavy atom. The molecule has 2 N–H and O–H groups in total. The van der Waals surface area contributed by atoms with Crippen molar-refractivity contribution in [2.45, 2.75) is 31.3 Å². The summed E-state index contributed by atoms with van der Waals surface area (Å²) in [4.78, 5) is 12.8. The molecule has 8 nitrogen and oxygen atoms in total. The van der Waals surface area contributed by atoms with Crippen molar-refractivity contribution in [1.82, 2.24) is 20.4 Å². The zero-order valence-corrected chi connectivity index (χ0v) is 19.7. The van der Waals surface area contributed by atoms with Gasteiger partial charge >= 0.3 is 6.61 Å². The van der Waals surface area contributed by atoms with E-state index in [0.717, 1.165) is 29.6 Å². The number of methoxy groups -OCH3 is 1. The zero-order valence-electron chi connectivity index (χ0n) is 19.7. The number of aromatic nitrogens is 2. The number of nitrogens with zero attached hydrogens (tertiary/aromatic N) is 2. The lowest BCUT2D eigenvalue weighted by Crippen LogP contribution is -2.43. The van der Waals surface area contributed by atoms with Crippen LogP contribution in [0.3, 0.4) is 0 Å². The van der Waals surface area contributed by atoms with Gasteiger partial charge in [0.25, 0.3) is 5.91 Å². The minimum Gasteiger partial charge on any atom is -0.496 e. The van der Waals surface area contributed by atoms with Crippen LogP contribution >= 0.6 is 0 Å². The Morgan fingerprint density at radius 2 is 1.97 bits per heavy atom. The number of nitrogens with one attached hydrogen (secondary N) is 2. The normalized spacial score (nSPS) is 19.2. The summed E-state index contributed by atoms with van der Waals surface area (Å²) in [5.41, 5.74) is 3.29. The topological polar surface area (TPSA) is 90.6 Å². The van der Waals surface area contributed by atoms with Gasteiger partial charge in [0, 0.05) is 42.2 Å². The highest BCUT2D eigenvalue weighted by Gasteiger charge is 2.40. The molecule has 1 saturated carbocycles. The van der Waals surface area contributed by atoms with Crippen LogP contribution in [0, 0.1) is 0 Å². The molecule has 2 atom stereocenters. The van der Waals surface area contributed by atoms with Crippen molar-refractivity contribution in [3.8, 4) is 33.8 Å².